The van der Waals surface area contributed by atoms with Gasteiger partial charge in [0.1, 0.15) is 12.6 Å². The maximum absolute atomic E-state index is 13.0. The van der Waals surface area contributed by atoms with Crippen LogP contribution in [0.5, 0.6) is 0 Å². The Balaban J connectivity index is 1.50. The van der Waals surface area contributed by atoms with Crippen molar-refractivity contribution in [1.29, 1.82) is 0 Å². The molecule has 1 aromatic heterocycles. The van der Waals surface area contributed by atoms with Gasteiger partial charge in [0.25, 0.3) is 5.95 Å². The summed E-state index contributed by atoms with van der Waals surface area (Å²) >= 11 is 6.13. The molecule has 1 fully saturated rings. The quantitative estimate of drug-likeness (QED) is 0.632. The summed E-state index contributed by atoms with van der Waals surface area (Å²) in [6.07, 6.45) is 7.77. The second kappa shape index (κ2) is 9.12. The lowest BCUT2D eigenvalue weighted by atomic mass is 9.95. The molecule has 0 radical (unpaired) electrons. The standard InChI is InChI=1S/C24H25ClN6O/c25-19-13-11-18(12-14-19)21-15-22(17-7-3-1-4-8-17)31-24(27-28-29-31)30(21)16-23(32)26-20-9-5-2-6-10-20/h1,3-4,7-8,11-15,20,22H,2,5-6,9-10,16H2,(H,26,32)/t22-/m0/s1. The molecular formula is C24H25ClN6O. The van der Waals surface area contributed by atoms with E-state index in [0.29, 0.717) is 11.0 Å². The van der Waals surface area contributed by atoms with Crippen LogP contribution in [0.25, 0.3) is 5.70 Å². The van der Waals surface area contributed by atoms with Gasteiger partial charge >= 0.3 is 0 Å². The fourth-order valence-corrected chi connectivity index (χ4v) is 4.67. The predicted octanol–water partition coefficient (Wildman–Crippen LogP) is 4.23. The minimum absolute atomic E-state index is 0.0236. The van der Waals surface area contributed by atoms with Crippen LogP contribution in [0.4, 0.5) is 5.95 Å². The minimum Gasteiger partial charge on any atom is -0.352 e. The Bertz CT molecular complexity index is 1110. The van der Waals surface area contributed by atoms with Gasteiger partial charge in [0.05, 0.1) is 5.70 Å². The molecule has 8 heteroatoms. The summed E-state index contributed by atoms with van der Waals surface area (Å²) in [5.41, 5.74) is 2.91. The van der Waals surface area contributed by atoms with E-state index < -0.39 is 0 Å². The Morgan fingerprint density at radius 3 is 2.53 bits per heavy atom. The van der Waals surface area contributed by atoms with Crippen molar-refractivity contribution in [3.8, 4) is 0 Å². The van der Waals surface area contributed by atoms with E-state index in [9.17, 15) is 4.79 Å². The lowest BCUT2D eigenvalue weighted by molar-refractivity contribution is -0.120. The van der Waals surface area contributed by atoms with Crippen LogP contribution in [0.3, 0.4) is 0 Å². The number of benzene rings is 2. The molecule has 3 aromatic rings. The molecule has 32 heavy (non-hydrogen) atoms. The zero-order chi connectivity index (χ0) is 21.9. The maximum Gasteiger partial charge on any atom is 0.251 e. The van der Waals surface area contributed by atoms with Crippen LogP contribution in [0.2, 0.25) is 5.02 Å². The van der Waals surface area contributed by atoms with E-state index in [0.717, 1.165) is 29.7 Å². The Morgan fingerprint density at radius 1 is 1.03 bits per heavy atom. The number of aromatic nitrogens is 4. The number of carbonyl (C=O) groups excluding carboxylic acids is 1. The lowest BCUT2D eigenvalue weighted by Crippen LogP contribution is -2.44. The van der Waals surface area contributed by atoms with Crippen molar-refractivity contribution >= 4 is 29.2 Å². The summed E-state index contributed by atoms with van der Waals surface area (Å²) in [5.74, 6) is 0.523. The first-order valence-corrected chi connectivity index (χ1v) is 11.4. The normalized spacial score (nSPS) is 18.7. The molecule has 1 aliphatic carbocycles. The van der Waals surface area contributed by atoms with Crippen LogP contribution in [-0.4, -0.2) is 38.7 Å². The molecule has 1 aliphatic heterocycles. The average Bonchev–Trinajstić information content (AvgIpc) is 3.31. The molecular weight excluding hydrogens is 424 g/mol. The summed E-state index contributed by atoms with van der Waals surface area (Å²) in [6.45, 7) is 0.146. The number of carbonyl (C=O) groups is 1. The van der Waals surface area contributed by atoms with Gasteiger partial charge in [-0.05, 0) is 52.6 Å². The minimum atomic E-state index is -0.176. The van der Waals surface area contributed by atoms with E-state index in [-0.39, 0.29) is 24.5 Å². The summed E-state index contributed by atoms with van der Waals surface area (Å²) in [6, 6.07) is 17.8. The second-order valence-electron chi connectivity index (χ2n) is 8.33. The number of fused-ring (bicyclic) bond motifs is 1. The van der Waals surface area contributed by atoms with E-state index in [2.05, 4.69) is 39.1 Å². The zero-order valence-corrected chi connectivity index (χ0v) is 18.4. The number of hydrogen-bond donors (Lipinski definition) is 1. The molecule has 0 saturated heterocycles. The topological polar surface area (TPSA) is 75.9 Å². The van der Waals surface area contributed by atoms with Crippen molar-refractivity contribution in [3.05, 3.63) is 76.8 Å². The van der Waals surface area contributed by atoms with Crippen LogP contribution in [0.1, 0.15) is 49.3 Å². The molecule has 2 aromatic carbocycles. The van der Waals surface area contributed by atoms with Crippen LogP contribution >= 0.6 is 11.6 Å². The molecule has 5 rings (SSSR count). The van der Waals surface area contributed by atoms with Crippen molar-refractivity contribution in [2.75, 3.05) is 11.4 Å². The van der Waals surface area contributed by atoms with Gasteiger partial charge in [-0.3, -0.25) is 9.69 Å². The second-order valence-corrected chi connectivity index (χ2v) is 8.76. The Labute approximate surface area is 192 Å². The van der Waals surface area contributed by atoms with Crippen molar-refractivity contribution in [2.45, 2.75) is 44.2 Å². The SMILES string of the molecule is O=C(CN1C(c2ccc(Cl)cc2)=C[C@@H](c2ccccc2)n2nnnc21)NC1CCCCC1. The largest absolute Gasteiger partial charge is 0.352 e. The predicted molar refractivity (Wildman–Crippen MR) is 124 cm³/mol. The molecule has 1 amide bonds. The first-order valence-electron chi connectivity index (χ1n) is 11.1. The molecule has 2 heterocycles. The smallest absolute Gasteiger partial charge is 0.251 e. The highest BCUT2D eigenvalue weighted by Crippen LogP contribution is 2.36. The van der Waals surface area contributed by atoms with Gasteiger partial charge < -0.3 is 5.32 Å². The van der Waals surface area contributed by atoms with Crippen LogP contribution in [0.15, 0.2) is 60.7 Å². The highest BCUT2D eigenvalue weighted by Gasteiger charge is 2.32. The number of halogens is 1. The molecule has 0 spiro atoms. The van der Waals surface area contributed by atoms with Gasteiger partial charge in [0.15, 0.2) is 0 Å². The molecule has 1 atom stereocenters. The van der Waals surface area contributed by atoms with Crippen LogP contribution < -0.4 is 10.2 Å². The molecule has 164 valence electrons. The first kappa shape index (κ1) is 20.7. The number of nitrogens with one attached hydrogen (secondary N) is 1. The molecule has 0 unspecified atom stereocenters. The monoisotopic (exact) mass is 448 g/mol. The van der Waals surface area contributed by atoms with E-state index in [1.54, 1.807) is 4.68 Å². The summed E-state index contributed by atoms with van der Waals surface area (Å²) < 4.78 is 1.77. The van der Waals surface area contributed by atoms with Gasteiger partial charge in [-0.2, -0.15) is 4.68 Å². The maximum atomic E-state index is 13.0. The van der Waals surface area contributed by atoms with E-state index in [1.807, 2.05) is 47.4 Å². The van der Waals surface area contributed by atoms with E-state index in [1.165, 1.54) is 19.3 Å². The van der Waals surface area contributed by atoms with Crippen LogP contribution in [-0.2, 0) is 4.79 Å². The highest BCUT2D eigenvalue weighted by atomic mass is 35.5. The lowest BCUT2D eigenvalue weighted by Gasteiger charge is -2.33. The fraction of sp³-hybridized carbons (Fsp3) is 0.333. The number of anilines is 1. The zero-order valence-electron chi connectivity index (χ0n) is 17.7. The van der Waals surface area contributed by atoms with Crippen molar-refractivity contribution in [1.82, 2.24) is 25.5 Å². The number of nitrogens with zero attached hydrogens (tertiary/aromatic N) is 5. The number of amides is 1. The Morgan fingerprint density at radius 2 is 1.78 bits per heavy atom. The first-order chi connectivity index (χ1) is 15.7. The third kappa shape index (κ3) is 4.25. The van der Waals surface area contributed by atoms with Gasteiger partial charge in [-0.1, -0.05) is 78.4 Å². The van der Waals surface area contributed by atoms with E-state index in [4.69, 9.17) is 11.6 Å². The third-order valence-corrected chi connectivity index (χ3v) is 6.39. The number of hydrogen-bond acceptors (Lipinski definition) is 5. The molecule has 2 aliphatic rings. The molecule has 0 bridgehead atoms. The fourth-order valence-electron chi connectivity index (χ4n) is 4.54. The van der Waals surface area contributed by atoms with Gasteiger partial charge in [-0.15, -0.1) is 0 Å². The summed E-state index contributed by atoms with van der Waals surface area (Å²) in [7, 11) is 0. The number of tetrazole rings is 1. The molecule has 1 saturated carbocycles. The van der Waals surface area contributed by atoms with Crippen molar-refractivity contribution < 1.29 is 4.79 Å². The van der Waals surface area contributed by atoms with Gasteiger partial charge in [0, 0.05) is 11.1 Å². The van der Waals surface area contributed by atoms with Gasteiger partial charge in [0.2, 0.25) is 5.91 Å². The Hall–Kier alpha value is -3.19. The van der Waals surface area contributed by atoms with E-state index >= 15 is 0 Å². The summed E-state index contributed by atoms with van der Waals surface area (Å²) in [5, 5.41) is 16.3. The number of rotatable bonds is 5. The van der Waals surface area contributed by atoms with Crippen molar-refractivity contribution in [2.24, 2.45) is 0 Å². The van der Waals surface area contributed by atoms with Crippen molar-refractivity contribution in [3.63, 3.8) is 0 Å². The highest BCUT2D eigenvalue weighted by molar-refractivity contribution is 6.30. The molecule has 7 nitrogen and oxygen atoms in total. The Kier molecular flexibility index (Phi) is 5.90. The van der Waals surface area contributed by atoms with Gasteiger partial charge in [-0.25, -0.2) is 0 Å². The summed E-state index contributed by atoms with van der Waals surface area (Å²) in [4.78, 5) is 14.9. The van der Waals surface area contributed by atoms with Crippen LogP contribution in [0, 0.1) is 0 Å². The average molecular weight is 449 g/mol. The molecule has 1 N–H and O–H groups in total. The third-order valence-electron chi connectivity index (χ3n) is 6.14. The number of allylic oxidation sites excluding steroid dienone is 1.